The highest BCUT2D eigenvalue weighted by molar-refractivity contribution is 5.91. The number of carbonyl (C=O) groups excluding carboxylic acids is 1. The van der Waals surface area contributed by atoms with Crippen LogP contribution in [-0.2, 0) is 0 Å². The number of rotatable bonds is 3. The van der Waals surface area contributed by atoms with Crippen LogP contribution in [0.3, 0.4) is 0 Å². The van der Waals surface area contributed by atoms with E-state index in [2.05, 4.69) is 0 Å². The average Bonchev–Trinajstić information content (AvgIpc) is 2.57. The van der Waals surface area contributed by atoms with Crippen LogP contribution in [0, 0.1) is 18.6 Å². The Bertz CT molecular complexity index is 709. The summed E-state index contributed by atoms with van der Waals surface area (Å²) in [7, 11) is 0. The lowest BCUT2D eigenvalue weighted by Gasteiger charge is -2.22. The number of halogens is 2. The van der Waals surface area contributed by atoms with E-state index in [0.717, 1.165) is 31.2 Å². The zero-order valence-electron chi connectivity index (χ0n) is 13.6. The molecule has 0 amide bonds. The van der Waals surface area contributed by atoms with Crippen LogP contribution < -0.4 is 4.74 Å². The van der Waals surface area contributed by atoms with Gasteiger partial charge < -0.3 is 4.74 Å². The molecule has 1 fully saturated rings. The van der Waals surface area contributed by atoms with Gasteiger partial charge in [0.2, 0.25) is 0 Å². The molecule has 2 aromatic rings. The van der Waals surface area contributed by atoms with Crippen molar-refractivity contribution in [2.24, 2.45) is 0 Å². The third-order valence-corrected chi connectivity index (χ3v) is 4.58. The molecule has 0 aromatic heterocycles. The lowest BCUT2D eigenvalue weighted by atomic mass is 9.84. The van der Waals surface area contributed by atoms with Gasteiger partial charge in [-0.25, -0.2) is 13.6 Å². The monoisotopic (exact) mass is 330 g/mol. The first-order chi connectivity index (χ1) is 11.5. The Balaban J connectivity index is 1.82. The van der Waals surface area contributed by atoms with Crippen LogP contribution >= 0.6 is 0 Å². The van der Waals surface area contributed by atoms with Gasteiger partial charge in [-0.1, -0.05) is 37.0 Å². The third-order valence-electron chi connectivity index (χ3n) is 4.58. The molecule has 4 heteroatoms. The number of hydrogen-bond donors (Lipinski definition) is 0. The first-order valence-electron chi connectivity index (χ1n) is 8.32. The second-order valence-electron chi connectivity index (χ2n) is 6.40. The molecule has 1 aliphatic rings. The number of benzene rings is 2. The summed E-state index contributed by atoms with van der Waals surface area (Å²) >= 11 is 0. The molecule has 0 atom stereocenters. The van der Waals surface area contributed by atoms with Gasteiger partial charge in [0, 0.05) is 0 Å². The van der Waals surface area contributed by atoms with Crippen LogP contribution in [-0.4, -0.2) is 5.97 Å². The molecular formula is C20H20F2O2. The van der Waals surface area contributed by atoms with Gasteiger partial charge in [-0.2, -0.15) is 0 Å². The van der Waals surface area contributed by atoms with E-state index in [4.69, 9.17) is 4.74 Å². The normalized spacial score (nSPS) is 15.3. The predicted octanol–water partition coefficient (Wildman–Crippen LogP) is 5.54. The minimum Gasteiger partial charge on any atom is -0.423 e. The molecule has 1 saturated carbocycles. The Hall–Kier alpha value is -2.23. The molecule has 2 aromatic carbocycles. The van der Waals surface area contributed by atoms with Gasteiger partial charge in [-0.15, -0.1) is 0 Å². The first-order valence-corrected chi connectivity index (χ1v) is 8.32. The Kier molecular flexibility index (Phi) is 4.93. The molecule has 0 bridgehead atoms. The van der Waals surface area contributed by atoms with Crippen molar-refractivity contribution in [1.82, 2.24) is 0 Å². The zero-order chi connectivity index (χ0) is 17.1. The Morgan fingerprint density at radius 2 is 1.58 bits per heavy atom. The molecule has 24 heavy (non-hydrogen) atoms. The van der Waals surface area contributed by atoms with Crippen LogP contribution in [0.5, 0.6) is 5.75 Å². The van der Waals surface area contributed by atoms with Crippen molar-refractivity contribution in [3.05, 3.63) is 64.7 Å². The summed E-state index contributed by atoms with van der Waals surface area (Å²) in [6.45, 7) is 1.90. The van der Waals surface area contributed by atoms with Gasteiger partial charge in [-0.3, -0.25) is 0 Å². The highest BCUT2D eigenvalue weighted by atomic mass is 19.1. The second kappa shape index (κ2) is 7.12. The van der Waals surface area contributed by atoms with E-state index in [1.165, 1.54) is 18.6 Å². The maximum atomic E-state index is 14.3. The van der Waals surface area contributed by atoms with Crippen molar-refractivity contribution < 1.29 is 18.3 Å². The lowest BCUT2D eigenvalue weighted by molar-refractivity contribution is 0.0724. The van der Waals surface area contributed by atoms with E-state index in [-0.39, 0.29) is 11.7 Å². The van der Waals surface area contributed by atoms with E-state index < -0.39 is 23.2 Å². The molecule has 0 spiro atoms. The molecule has 0 radical (unpaired) electrons. The van der Waals surface area contributed by atoms with Crippen LogP contribution in [0.15, 0.2) is 36.4 Å². The summed E-state index contributed by atoms with van der Waals surface area (Å²) in [5.41, 5.74) is 1.01. The second-order valence-corrected chi connectivity index (χ2v) is 6.40. The van der Waals surface area contributed by atoms with Gasteiger partial charge in [-0.05, 0) is 55.5 Å². The summed E-state index contributed by atoms with van der Waals surface area (Å²) < 4.78 is 33.8. The van der Waals surface area contributed by atoms with Gasteiger partial charge in [0.05, 0.1) is 0 Å². The predicted molar refractivity (Wildman–Crippen MR) is 88.3 cm³/mol. The molecule has 1 aliphatic carbocycles. The van der Waals surface area contributed by atoms with E-state index in [9.17, 15) is 13.6 Å². The summed E-state index contributed by atoms with van der Waals surface area (Å²) in [6, 6.07) is 9.29. The molecule has 0 heterocycles. The summed E-state index contributed by atoms with van der Waals surface area (Å²) in [5.74, 6) is -2.28. The molecular weight excluding hydrogens is 310 g/mol. The minimum absolute atomic E-state index is 0.171. The fourth-order valence-corrected chi connectivity index (χ4v) is 3.22. The van der Waals surface area contributed by atoms with Crippen LogP contribution in [0.1, 0.15) is 59.5 Å². The SMILES string of the molecule is Cc1ccc(OC(=O)c2c(F)cc(C3CCCCC3)cc2F)cc1. The van der Waals surface area contributed by atoms with Crippen molar-refractivity contribution in [2.75, 3.05) is 0 Å². The molecule has 126 valence electrons. The maximum absolute atomic E-state index is 14.3. The maximum Gasteiger partial charge on any atom is 0.349 e. The molecule has 2 nitrogen and oxygen atoms in total. The number of ether oxygens (including phenoxy) is 1. The number of esters is 1. The van der Waals surface area contributed by atoms with Gasteiger partial charge in [0.1, 0.15) is 22.9 Å². The smallest absolute Gasteiger partial charge is 0.349 e. The minimum atomic E-state index is -1.01. The molecule has 0 N–H and O–H groups in total. The fourth-order valence-electron chi connectivity index (χ4n) is 3.22. The summed E-state index contributed by atoms with van der Waals surface area (Å²) in [4.78, 5) is 12.1. The molecule has 0 saturated heterocycles. The fraction of sp³-hybridized carbons (Fsp3) is 0.350. The van der Waals surface area contributed by atoms with Crippen LogP contribution in [0.2, 0.25) is 0 Å². The van der Waals surface area contributed by atoms with E-state index in [1.54, 1.807) is 24.3 Å². The largest absolute Gasteiger partial charge is 0.423 e. The standard InChI is InChI=1S/C20H20F2O2/c1-13-7-9-16(10-8-13)24-20(23)19-17(21)11-15(12-18(19)22)14-5-3-2-4-6-14/h7-12,14H,2-6H2,1H3. The number of carbonyl (C=O) groups is 1. The zero-order valence-corrected chi connectivity index (χ0v) is 13.6. The summed E-state index contributed by atoms with van der Waals surface area (Å²) in [5, 5.41) is 0. The molecule has 0 unspecified atom stereocenters. The van der Waals surface area contributed by atoms with Crippen molar-refractivity contribution >= 4 is 5.97 Å². The van der Waals surface area contributed by atoms with Crippen LogP contribution in [0.25, 0.3) is 0 Å². The van der Waals surface area contributed by atoms with Gasteiger partial charge >= 0.3 is 5.97 Å². The average molecular weight is 330 g/mol. The van der Waals surface area contributed by atoms with Crippen LogP contribution in [0.4, 0.5) is 8.78 Å². The van der Waals surface area contributed by atoms with E-state index >= 15 is 0 Å². The van der Waals surface area contributed by atoms with E-state index in [1.807, 2.05) is 6.92 Å². The molecule has 0 aliphatic heterocycles. The van der Waals surface area contributed by atoms with Crippen molar-refractivity contribution in [1.29, 1.82) is 0 Å². The quantitative estimate of drug-likeness (QED) is 0.545. The lowest BCUT2D eigenvalue weighted by Crippen LogP contribution is -2.15. The highest BCUT2D eigenvalue weighted by Crippen LogP contribution is 2.34. The Morgan fingerprint density at radius 1 is 1.00 bits per heavy atom. The van der Waals surface area contributed by atoms with Crippen molar-refractivity contribution in [3.8, 4) is 5.75 Å². The topological polar surface area (TPSA) is 26.3 Å². The van der Waals surface area contributed by atoms with Gasteiger partial charge in [0.15, 0.2) is 0 Å². The van der Waals surface area contributed by atoms with Crippen molar-refractivity contribution in [2.45, 2.75) is 44.9 Å². The Morgan fingerprint density at radius 3 is 2.17 bits per heavy atom. The first kappa shape index (κ1) is 16.6. The molecule has 3 rings (SSSR count). The highest BCUT2D eigenvalue weighted by Gasteiger charge is 2.24. The van der Waals surface area contributed by atoms with Gasteiger partial charge in [0.25, 0.3) is 0 Å². The van der Waals surface area contributed by atoms with Crippen molar-refractivity contribution in [3.63, 3.8) is 0 Å². The van der Waals surface area contributed by atoms with E-state index in [0.29, 0.717) is 5.56 Å². The summed E-state index contributed by atoms with van der Waals surface area (Å²) in [6.07, 6.45) is 5.19. The third kappa shape index (κ3) is 3.64. The number of hydrogen-bond acceptors (Lipinski definition) is 2. The number of aryl methyl sites for hydroxylation is 1. The Labute approximate surface area is 140 Å².